The van der Waals surface area contributed by atoms with E-state index in [1.165, 1.54) is 0 Å². The van der Waals surface area contributed by atoms with E-state index in [-0.39, 0.29) is 11.9 Å². The summed E-state index contributed by atoms with van der Waals surface area (Å²) in [7, 11) is 1.59. The minimum atomic E-state index is -0.259. The van der Waals surface area contributed by atoms with Crippen LogP contribution >= 0.6 is 0 Å². The van der Waals surface area contributed by atoms with Gasteiger partial charge in [0.25, 0.3) is 5.91 Å². The Balaban J connectivity index is 1.48. The molecule has 2 aromatic heterocycles. The van der Waals surface area contributed by atoms with Gasteiger partial charge in [0.05, 0.1) is 17.6 Å². The zero-order chi connectivity index (χ0) is 19.9. The second-order valence-corrected chi connectivity index (χ2v) is 6.51. The number of hydrogen-bond acceptors (Lipinski definition) is 6. The molecule has 10 nitrogen and oxygen atoms in total. The number of aromatic amines is 1. The monoisotopic (exact) mass is 386 g/mol. The maximum Gasteiger partial charge on any atom is 0.320 e. The predicted octanol–water partition coefficient (Wildman–Crippen LogP) is 0.628. The average molecular weight is 386 g/mol. The first-order chi connectivity index (χ1) is 13.6. The van der Waals surface area contributed by atoms with E-state index in [9.17, 15) is 9.59 Å². The SMILES string of the molecule is CCNC(=O)Nc1cc(CN2CCN(c3ccc(C(=O)NC)nc3)CC2)[nH]n1. The number of rotatable bonds is 6. The van der Waals surface area contributed by atoms with Crippen molar-refractivity contribution in [1.29, 1.82) is 0 Å². The van der Waals surface area contributed by atoms with Crippen LogP contribution in [0.3, 0.4) is 0 Å². The van der Waals surface area contributed by atoms with Crippen molar-refractivity contribution in [1.82, 2.24) is 30.7 Å². The molecule has 1 saturated heterocycles. The first kappa shape index (κ1) is 19.6. The van der Waals surface area contributed by atoms with Crippen molar-refractivity contribution < 1.29 is 9.59 Å². The Kier molecular flexibility index (Phi) is 6.43. The average Bonchev–Trinajstić information content (AvgIpc) is 3.15. The van der Waals surface area contributed by atoms with Crippen molar-refractivity contribution in [3.05, 3.63) is 35.8 Å². The van der Waals surface area contributed by atoms with Gasteiger partial charge in [0.1, 0.15) is 5.69 Å². The third-order valence-electron chi connectivity index (χ3n) is 4.55. The topological polar surface area (TPSA) is 118 Å². The summed E-state index contributed by atoms with van der Waals surface area (Å²) in [6.07, 6.45) is 1.74. The van der Waals surface area contributed by atoms with Crippen LogP contribution < -0.4 is 20.9 Å². The summed E-state index contributed by atoms with van der Waals surface area (Å²) < 4.78 is 0. The van der Waals surface area contributed by atoms with Crippen molar-refractivity contribution in [3.8, 4) is 0 Å². The molecule has 0 bridgehead atoms. The maximum absolute atomic E-state index is 11.6. The number of carbonyl (C=O) groups is 2. The van der Waals surface area contributed by atoms with Crippen LogP contribution in [0.2, 0.25) is 0 Å². The molecule has 1 aliphatic rings. The Hall–Kier alpha value is -3.14. The minimum Gasteiger partial charge on any atom is -0.368 e. The second-order valence-electron chi connectivity index (χ2n) is 6.51. The molecule has 0 atom stereocenters. The molecule has 0 aromatic carbocycles. The molecule has 0 spiro atoms. The number of carbonyl (C=O) groups excluding carboxylic acids is 2. The third-order valence-corrected chi connectivity index (χ3v) is 4.55. The van der Waals surface area contributed by atoms with Crippen LogP contribution in [0.4, 0.5) is 16.3 Å². The lowest BCUT2D eigenvalue weighted by molar-refractivity contribution is 0.0958. The standard InChI is InChI=1S/C18H26N8O2/c1-3-20-18(28)22-16-10-13(23-24-16)12-25-6-8-26(9-7-25)14-4-5-15(21-11-14)17(27)19-2/h4-5,10-11H,3,6-9,12H2,1-2H3,(H,19,27)(H3,20,22,23,24,28). The number of H-pyrrole nitrogens is 1. The van der Waals surface area contributed by atoms with Crippen LogP contribution in [0.25, 0.3) is 0 Å². The molecule has 0 radical (unpaired) electrons. The van der Waals surface area contributed by atoms with E-state index in [1.54, 1.807) is 19.3 Å². The van der Waals surface area contributed by atoms with Gasteiger partial charge < -0.3 is 15.5 Å². The summed E-state index contributed by atoms with van der Waals surface area (Å²) in [5, 5.41) is 15.0. The Morgan fingerprint density at radius 2 is 2.00 bits per heavy atom. The number of nitrogens with one attached hydrogen (secondary N) is 4. The van der Waals surface area contributed by atoms with Crippen molar-refractivity contribution in [3.63, 3.8) is 0 Å². The number of anilines is 2. The predicted molar refractivity (Wildman–Crippen MR) is 106 cm³/mol. The molecule has 3 heterocycles. The highest BCUT2D eigenvalue weighted by Gasteiger charge is 2.19. The van der Waals surface area contributed by atoms with Crippen molar-refractivity contribution in [2.24, 2.45) is 0 Å². The Morgan fingerprint density at radius 1 is 1.21 bits per heavy atom. The highest BCUT2D eigenvalue weighted by molar-refractivity contribution is 5.92. The van der Waals surface area contributed by atoms with Crippen LogP contribution in [0.5, 0.6) is 0 Å². The van der Waals surface area contributed by atoms with Crippen LogP contribution in [-0.4, -0.2) is 71.8 Å². The summed E-state index contributed by atoms with van der Waals surface area (Å²) in [6.45, 7) is 6.72. The lowest BCUT2D eigenvalue weighted by Crippen LogP contribution is -2.46. The van der Waals surface area contributed by atoms with Gasteiger partial charge in [-0.1, -0.05) is 0 Å². The van der Waals surface area contributed by atoms with E-state index < -0.39 is 0 Å². The minimum absolute atomic E-state index is 0.183. The van der Waals surface area contributed by atoms with E-state index in [4.69, 9.17) is 0 Å². The Labute approximate surface area is 163 Å². The maximum atomic E-state index is 11.6. The third kappa shape index (κ3) is 4.97. The normalized spacial score (nSPS) is 14.6. The number of piperazine rings is 1. The fourth-order valence-electron chi connectivity index (χ4n) is 3.07. The lowest BCUT2D eigenvalue weighted by Gasteiger charge is -2.35. The number of pyridine rings is 1. The number of amides is 3. The number of urea groups is 1. The highest BCUT2D eigenvalue weighted by Crippen LogP contribution is 2.17. The van der Waals surface area contributed by atoms with E-state index in [2.05, 4.69) is 40.9 Å². The smallest absolute Gasteiger partial charge is 0.320 e. The van der Waals surface area contributed by atoms with Gasteiger partial charge in [-0.05, 0) is 19.1 Å². The van der Waals surface area contributed by atoms with Gasteiger partial charge in [0, 0.05) is 52.4 Å². The Morgan fingerprint density at radius 3 is 2.64 bits per heavy atom. The number of hydrogen-bond donors (Lipinski definition) is 4. The second kappa shape index (κ2) is 9.18. The lowest BCUT2D eigenvalue weighted by atomic mass is 10.2. The van der Waals surface area contributed by atoms with E-state index in [0.29, 0.717) is 18.1 Å². The van der Waals surface area contributed by atoms with Crippen molar-refractivity contribution in [2.45, 2.75) is 13.5 Å². The van der Waals surface area contributed by atoms with Gasteiger partial charge in [0.2, 0.25) is 0 Å². The molecule has 2 aromatic rings. The molecule has 1 aliphatic heterocycles. The molecule has 0 aliphatic carbocycles. The van der Waals surface area contributed by atoms with Crippen LogP contribution in [-0.2, 0) is 6.54 Å². The molecule has 3 amide bonds. The Bertz CT molecular complexity index is 796. The van der Waals surface area contributed by atoms with Gasteiger partial charge in [-0.15, -0.1) is 0 Å². The number of nitrogens with zero attached hydrogens (tertiary/aromatic N) is 4. The highest BCUT2D eigenvalue weighted by atomic mass is 16.2. The van der Waals surface area contributed by atoms with Crippen LogP contribution in [0.15, 0.2) is 24.4 Å². The van der Waals surface area contributed by atoms with Crippen molar-refractivity contribution in [2.75, 3.05) is 50.0 Å². The molecule has 3 rings (SSSR count). The molecule has 4 N–H and O–H groups in total. The number of aromatic nitrogens is 3. The quantitative estimate of drug-likeness (QED) is 0.578. The van der Waals surface area contributed by atoms with Gasteiger partial charge >= 0.3 is 6.03 Å². The van der Waals surface area contributed by atoms with Crippen LogP contribution in [0.1, 0.15) is 23.1 Å². The van der Waals surface area contributed by atoms with Gasteiger partial charge in [0.15, 0.2) is 5.82 Å². The first-order valence-electron chi connectivity index (χ1n) is 9.33. The molecule has 1 fully saturated rings. The summed E-state index contributed by atoms with van der Waals surface area (Å²) in [4.78, 5) is 31.9. The fourth-order valence-corrected chi connectivity index (χ4v) is 3.07. The summed E-state index contributed by atoms with van der Waals surface area (Å²) in [5.74, 6) is 0.332. The summed E-state index contributed by atoms with van der Waals surface area (Å²) in [6, 6.07) is 5.27. The largest absolute Gasteiger partial charge is 0.368 e. The molecule has 0 unspecified atom stereocenters. The van der Waals surface area contributed by atoms with Gasteiger partial charge in [-0.2, -0.15) is 5.10 Å². The van der Waals surface area contributed by atoms with Crippen LogP contribution in [0, 0.1) is 0 Å². The van der Waals surface area contributed by atoms with Gasteiger partial charge in [-0.3, -0.25) is 20.1 Å². The zero-order valence-electron chi connectivity index (χ0n) is 16.2. The summed E-state index contributed by atoms with van der Waals surface area (Å²) in [5.41, 5.74) is 2.39. The molecule has 0 saturated carbocycles. The fraction of sp³-hybridized carbons (Fsp3) is 0.444. The zero-order valence-corrected chi connectivity index (χ0v) is 16.2. The molecular formula is C18H26N8O2. The van der Waals surface area contributed by atoms with E-state index >= 15 is 0 Å². The van der Waals surface area contributed by atoms with E-state index in [0.717, 1.165) is 44.1 Å². The summed E-state index contributed by atoms with van der Waals surface area (Å²) >= 11 is 0. The van der Waals surface area contributed by atoms with Crippen molar-refractivity contribution >= 4 is 23.4 Å². The molecule has 28 heavy (non-hydrogen) atoms. The van der Waals surface area contributed by atoms with E-state index in [1.807, 2.05) is 19.1 Å². The first-order valence-corrected chi connectivity index (χ1v) is 9.33. The van der Waals surface area contributed by atoms with Gasteiger partial charge in [-0.25, -0.2) is 9.78 Å². The molecular weight excluding hydrogens is 360 g/mol. The molecule has 10 heteroatoms. The molecule has 150 valence electrons.